The van der Waals surface area contributed by atoms with Crippen LogP contribution in [-0.2, 0) is 0 Å². The number of aliphatic hydroxyl groups is 1. The zero-order chi connectivity index (χ0) is 8.81. The molecule has 0 aliphatic heterocycles. The van der Waals surface area contributed by atoms with Crippen LogP contribution in [0.5, 0.6) is 0 Å². The van der Waals surface area contributed by atoms with Gasteiger partial charge in [0.05, 0.1) is 0 Å². The van der Waals surface area contributed by atoms with Crippen molar-refractivity contribution in [2.24, 2.45) is 5.92 Å². The zero-order valence-corrected chi connectivity index (χ0v) is 8.05. The Morgan fingerprint density at radius 2 is 2.00 bits per heavy atom. The van der Waals surface area contributed by atoms with Crippen molar-refractivity contribution in [3.63, 3.8) is 0 Å². The Labute approximate surface area is 75.4 Å². The summed E-state index contributed by atoms with van der Waals surface area (Å²) in [7, 11) is 2.01. The maximum absolute atomic E-state index is 8.86. The van der Waals surface area contributed by atoms with Crippen molar-refractivity contribution in [1.82, 2.24) is 5.32 Å². The first-order valence-corrected chi connectivity index (χ1v) is 5.16. The fourth-order valence-corrected chi connectivity index (χ4v) is 2.29. The van der Waals surface area contributed by atoms with Gasteiger partial charge in [-0.3, -0.25) is 0 Å². The molecule has 72 valence electrons. The quantitative estimate of drug-likeness (QED) is 0.672. The summed E-state index contributed by atoms with van der Waals surface area (Å²) >= 11 is 0. The van der Waals surface area contributed by atoms with Crippen molar-refractivity contribution >= 4 is 0 Å². The first-order chi connectivity index (χ1) is 5.88. The Kier molecular flexibility index (Phi) is 4.62. The van der Waals surface area contributed by atoms with Gasteiger partial charge in [-0.1, -0.05) is 19.3 Å². The molecule has 0 aromatic rings. The Hall–Kier alpha value is -0.0800. The van der Waals surface area contributed by atoms with Crippen LogP contribution in [0, 0.1) is 5.92 Å². The van der Waals surface area contributed by atoms with Gasteiger partial charge in [0.1, 0.15) is 0 Å². The van der Waals surface area contributed by atoms with Crippen LogP contribution in [0.3, 0.4) is 0 Å². The molecular formula is C10H21NO. The van der Waals surface area contributed by atoms with Crippen LogP contribution in [0.4, 0.5) is 0 Å². The first kappa shape index (κ1) is 10.0. The monoisotopic (exact) mass is 171 g/mol. The van der Waals surface area contributed by atoms with E-state index in [0.29, 0.717) is 12.6 Å². The molecule has 2 nitrogen and oxygen atoms in total. The van der Waals surface area contributed by atoms with E-state index in [1.54, 1.807) is 0 Å². The minimum atomic E-state index is 0.321. The third-order valence-corrected chi connectivity index (χ3v) is 3.03. The lowest BCUT2D eigenvalue weighted by Gasteiger charge is -2.29. The minimum absolute atomic E-state index is 0.321. The molecule has 0 radical (unpaired) electrons. The largest absolute Gasteiger partial charge is 0.396 e. The van der Waals surface area contributed by atoms with E-state index in [9.17, 15) is 0 Å². The van der Waals surface area contributed by atoms with E-state index in [0.717, 1.165) is 12.3 Å². The van der Waals surface area contributed by atoms with Crippen LogP contribution in [0.2, 0.25) is 0 Å². The lowest BCUT2D eigenvalue weighted by molar-refractivity contribution is 0.213. The average molecular weight is 171 g/mol. The van der Waals surface area contributed by atoms with Gasteiger partial charge >= 0.3 is 0 Å². The summed E-state index contributed by atoms with van der Waals surface area (Å²) in [5.74, 6) is 0.816. The van der Waals surface area contributed by atoms with Crippen molar-refractivity contribution in [3.8, 4) is 0 Å². The normalized spacial score (nSPS) is 22.5. The Morgan fingerprint density at radius 1 is 1.33 bits per heavy atom. The second kappa shape index (κ2) is 5.55. The predicted octanol–water partition coefficient (Wildman–Crippen LogP) is 1.54. The van der Waals surface area contributed by atoms with Gasteiger partial charge in [-0.05, 0) is 32.2 Å². The maximum atomic E-state index is 8.86. The highest BCUT2D eigenvalue weighted by Crippen LogP contribution is 2.27. The highest BCUT2D eigenvalue weighted by Gasteiger charge is 2.21. The second-order valence-corrected chi connectivity index (χ2v) is 3.81. The van der Waals surface area contributed by atoms with Crippen molar-refractivity contribution in [2.75, 3.05) is 13.7 Å². The van der Waals surface area contributed by atoms with Crippen LogP contribution < -0.4 is 5.32 Å². The summed E-state index contributed by atoms with van der Waals surface area (Å²) in [5.41, 5.74) is 0. The molecule has 1 rings (SSSR count). The summed E-state index contributed by atoms with van der Waals surface area (Å²) in [6.45, 7) is 0.321. The topological polar surface area (TPSA) is 32.3 Å². The molecule has 1 atom stereocenters. The van der Waals surface area contributed by atoms with E-state index in [1.807, 2.05) is 7.05 Å². The lowest BCUT2D eigenvalue weighted by atomic mass is 9.83. The molecule has 0 aromatic carbocycles. The van der Waals surface area contributed by atoms with Gasteiger partial charge in [-0.2, -0.15) is 0 Å². The molecule has 0 spiro atoms. The van der Waals surface area contributed by atoms with E-state index in [2.05, 4.69) is 5.32 Å². The average Bonchev–Trinajstić information content (AvgIpc) is 2.15. The summed E-state index contributed by atoms with van der Waals surface area (Å²) in [6.07, 6.45) is 7.80. The molecule has 1 unspecified atom stereocenters. The third-order valence-electron chi connectivity index (χ3n) is 3.03. The Balaban J connectivity index is 2.29. The number of hydrogen-bond donors (Lipinski definition) is 2. The highest BCUT2D eigenvalue weighted by molar-refractivity contribution is 4.77. The van der Waals surface area contributed by atoms with E-state index in [4.69, 9.17) is 5.11 Å². The molecule has 2 N–H and O–H groups in total. The molecule has 1 saturated carbocycles. The van der Waals surface area contributed by atoms with Crippen LogP contribution in [0.15, 0.2) is 0 Å². The van der Waals surface area contributed by atoms with E-state index >= 15 is 0 Å². The highest BCUT2D eigenvalue weighted by atomic mass is 16.3. The number of rotatable bonds is 4. The van der Waals surface area contributed by atoms with Gasteiger partial charge in [0.25, 0.3) is 0 Å². The van der Waals surface area contributed by atoms with E-state index < -0.39 is 0 Å². The van der Waals surface area contributed by atoms with Gasteiger partial charge in [-0.15, -0.1) is 0 Å². The van der Waals surface area contributed by atoms with E-state index in [-0.39, 0.29) is 0 Å². The van der Waals surface area contributed by atoms with Crippen LogP contribution >= 0.6 is 0 Å². The standard InChI is InChI=1S/C10H21NO/c1-11-10(7-8-12)9-5-3-2-4-6-9/h9-12H,2-8H2,1H3. The zero-order valence-electron chi connectivity index (χ0n) is 8.05. The molecule has 1 aliphatic carbocycles. The van der Waals surface area contributed by atoms with Crippen molar-refractivity contribution in [2.45, 2.75) is 44.6 Å². The SMILES string of the molecule is CNC(CCO)C1CCCCC1. The molecule has 2 heteroatoms. The van der Waals surface area contributed by atoms with Crippen molar-refractivity contribution in [1.29, 1.82) is 0 Å². The number of hydrogen-bond acceptors (Lipinski definition) is 2. The predicted molar refractivity (Wildman–Crippen MR) is 51.1 cm³/mol. The molecule has 0 amide bonds. The number of nitrogens with one attached hydrogen (secondary N) is 1. The molecule has 0 heterocycles. The summed E-state index contributed by atoms with van der Waals surface area (Å²) in [4.78, 5) is 0. The van der Waals surface area contributed by atoms with Crippen LogP contribution in [0.1, 0.15) is 38.5 Å². The summed E-state index contributed by atoms with van der Waals surface area (Å²) in [6, 6.07) is 0.551. The molecule has 12 heavy (non-hydrogen) atoms. The van der Waals surface area contributed by atoms with Gasteiger partial charge in [0, 0.05) is 12.6 Å². The maximum Gasteiger partial charge on any atom is 0.0445 e. The molecule has 0 aromatic heterocycles. The van der Waals surface area contributed by atoms with Crippen LogP contribution in [-0.4, -0.2) is 24.8 Å². The van der Waals surface area contributed by atoms with Crippen molar-refractivity contribution < 1.29 is 5.11 Å². The first-order valence-electron chi connectivity index (χ1n) is 5.16. The van der Waals surface area contributed by atoms with E-state index in [1.165, 1.54) is 32.1 Å². The molecule has 0 saturated heterocycles. The fraction of sp³-hybridized carbons (Fsp3) is 1.00. The van der Waals surface area contributed by atoms with Gasteiger partial charge in [0.2, 0.25) is 0 Å². The smallest absolute Gasteiger partial charge is 0.0445 e. The third kappa shape index (κ3) is 2.76. The van der Waals surface area contributed by atoms with Gasteiger partial charge < -0.3 is 10.4 Å². The molecule has 1 fully saturated rings. The van der Waals surface area contributed by atoms with Crippen LogP contribution in [0.25, 0.3) is 0 Å². The fourth-order valence-electron chi connectivity index (χ4n) is 2.29. The molecule has 1 aliphatic rings. The number of aliphatic hydroxyl groups excluding tert-OH is 1. The summed E-state index contributed by atoms with van der Waals surface area (Å²) < 4.78 is 0. The second-order valence-electron chi connectivity index (χ2n) is 3.81. The van der Waals surface area contributed by atoms with Gasteiger partial charge in [0.15, 0.2) is 0 Å². The Morgan fingerprint density at radius 3 is 2.50 bits per heavy atom. The molecule has 0 bridgehead atoms. The van der Waals surface area contributed by atoms with Gasteiger partial charge in [-0.25, -0.2) is 0 Å². The minimum Gasteiger partial charge on any atom is -0.396 e. The molecular weight excluding hydrogens is 150 g/mol. The van der Waals surface area contributed by atoms with Crippen molar-refractivity contribution in [3.05, 3.63) is 0 Å². The summed E-state index contributed by atoms with van der Waals surface area (Å²) in [5, 5.41) is 12.2. The lowest BCUT2D eigenvalue weighted by Crippen LogP contribution is -2.35. The Bertz CT molecular complexity index is 108.